The molecule has 0 saturated heterocycles. The molecule has 1 amide bonds. The molecule has 0 spiro atoms. The second-order valence-electron chi connectivity index (χ2n) is 3.11. The average Bonchev–Trinajstić information content (AvgIpc) is 2.73. The number of hydroxylamine groups is 1. The number of carbonyl (C=O) groups excluding carboxylic acids is 1. The van der Waals surface area contributed by atoms with E-state index in [0.717, 1.165) is 10.9 Å². The van der Waals surface area contributed by atoms with E-state index >= 15 is 0 Å². The molecule has 1 aromatic heterocycles. The molecule has 2 rings (SSSR count). The van der Waals surface area contributed by atoms with Gasteiger partial charge in [-0.1, -0.05) is 12.1 Å². The lowest BCUT2D eigenvalue weighted by Crippen LogP contribution is -2.23. The van der Waals surface area contributed by atoms with Gasteiger partial charge in [-0.25, -0.2) is 5.48 Å². The number of amides is 1. The number of para-hydroxylation sites is 1. The summed E-state index contributed by atoms with van der Waals surface area (Å²) in [6.45, 7) is 2.27. The highest BCUT2D eigenvalue weighted by Crippen LogP contribution is 2.16. The van der Waals surface area contributed by atoms with Gasteiger partial charge in [0, 0.05) is 11.6 Å². The van der Waals surface area contributed by atoms with Gasteiger partial charge in [0.15, 0.2) is 0 Å². The molecule has 4 nitrogen and oxygen atoms in total. The van der Waals surface area contributed by atoms with Crippen LogP contribution >= 0.6 is 0 Å². The molecule has 1 heterocycles. The average molecular weight is 204 g/mol. The van der Waals surface area contributed by atoms with Crippen molar-refractivity contribution in [2.75, 3.05) is 6.61 Å². The van der Waals surface area contributed by atoms with Gasteiger partial charge in [-0.2, -0.15) is 0 Å². The molecular formula is C11H12N2O2. The van der Waals surface area contributed by atoms with Crippen LogP contribution in [0.4, 0.5) is 0 Å². The third kappa shape index (κ3) is 1.85. The maximum absolute atomic E-state index is 11.7. The Labute approximate surface area is 87.2 Å². The third-order valence-corrected chi connectivity index (χ3v) is 2.14. The Bertz CT molecular complexity index is 476. The summed E-state index contributed by atoms with van der Waals surface area (Å²) in [7, 11) is 0. The smallest absolute Gasteiger partial charge is 0.276 e. The first-order valence-electron chi connectivity index (χ1n) is 4.81. The van der Waals surface area contributed by atoms with Crippen LogP contribution in [0.25, 0.3) is 10.9 Å². The molecule has 0 radical (unpaired) electrons. The number of hydrogen-bond donors (Lipinski definition) is 2. The van der Waals surface area contributed by atoms with E-state index in [-0.39, 0.29) is 5.91 Å². The lowest BCUT2D eigenvalue weighted by Gasteiger charge is -2.04. The van der Waals surface area contributed by atoms with E-state index in [0.29, 0.717) is 12.2 Å². The van der Waals surface area contributed by atoms with Crippen molar-refractivity contribution in [3.8, 4) is 0 Å². The van der Waals surface area contributed by atoms with Crippen molar-refractivity contribution in [2.45, 2.75) is 6.92 Å². The predicted octanol–water partition coefficient (Wildman–Crippen LogP) is 1.85. The monoisotopic (exact) mass is 204 g/mol. The third-order valence-electron chi connectivity index (χ3n) is 2.14. The first-order valence-corrected chi connectivity index (χ1v) is 4.81. The number of aromatic amines is 1. The van der Waals surface area contributed by atoms with Crippen molar-refractivity contribution in [2.24, 2.45) is 0 Å². The van der Waals surface area contributed by atoms with Crippen molar-refractivity contribution in [3.63, 3.8) is 0 Å². The van der Waals surface area contributed by atoms with Crippen molar-refractivity contribution >= 4 is 16.8 Å². The van der Waals surface area contributed by atoms with Gasteiger partial charge >= 0.3 is 0 Å². The van der Waals surface area contributed by atoms with Crippen LogP contribution in [0.15, 0.2) is 30.5 Å². The molecule has 0 aliphatic rings. The van der Waals surface area contributed by atoms with Gasteiger partial charge in [-0.3, -0.25) is 9.63 Å². The van der Waals surface area contributed by atoms with Crippen molar-refractivity contribution in [3.05, 3.63) is 36.0 Å². The topological polar surface area (TPSA) is 54.1 Å². The molecule has 0 atom stereocenters. The Morgan fingerprint density at radius 3 is 3.13 bits per heavy atom. The van der Waals surface area contributed by atoms with Crippen molar-refractivity contribution in [1.29, 1.82) is 0 Å². The number of H-pyrrole nitrogens is 1. The minimum Gasteiger partial charge on any atom is -0.361 e. The summed E-state index contributed by atoms with van der Waals surface area (Å²) in [5.74, 6) is -0.232. The fourth-order valence-electron chi connectivity index (χ4n) is 1.47. The molecule has 0 aliphatic heterocycles. The summed E-state index contributed by atoms with van der Waals surface area (Å²) in [6, 6.07) is 7.47. The van der Waals surface area contributed by atoms with Crippen LogP contribution in [0.3, 0.4) is 0 Å². The molecule has 4 heteroatoms. The molecular weight excluding hydrogens is 192 g/mol. The zero-order valence-corrected chi connectivity index (χ0v) is 8.41. The maximum atomic E-state index is 11.7. The quantitative estimate of drug-likeness (QED) is 0.749. The van der Waals surface area contributed by atoms with E-state index in [4.69, 9.17) is 4.84 Å². The Morgan fingerprint density at radius 2 is 2.33 bits per heavy atom. The number of nitrogens with one attached hydrogen (secondary N) is 2. The second kappa shape index (κ2) is 4.14. The molecule has 0 bridgehead atoms. The van der Waals surface area contributed by atoms with Gasteiger partial charge in [0.05, 0.1) is 17.7 Å². The molecule has 15 heavy (non-hydrogen) atoms. The molecule has 1 aromatic carbocycles. The van der Waals surface area contributed by atoms with E-state index in [9.17, 15) is 4.79 Å². The largest absolute Gasteiger partial charge is 0.361 e. The highest BCUT2D eigenvalue weighted by molar-refractivity contribution is 6.05. The van der Waals surface area contributed by atoms with E-state index in [1.807, 2.05) is 31.3 Å². The summed E-state index contributed by atoms with van der Waals surface area (Å²) < 4.78 is 0. The predicted molar refractivity (Wildman–Crippen MR) is 57.4 cm³/mol. The number of aromatic nitrogens is 1. The summed E-state index contributed by atoms with van der Waals surface area (Å²) in [5.41, 5.74) is 3.79. The number of benzene rings is 1. The lowest BCUT2D eigenvalue weighted by atomic mass is 10.1. The molecule has 0 aliphatic carbocycles. The van der Waals surface area contributed by atoms with Gasteiger partial charge < -0.3 is 4.98 Å². The van der Waals surface area contributed by atoms with Gasteiger partial charge in [0.2, 0.25) is 0 Å². The molecule has 2 N–H and O–H groups in total. The standard InChI is InChI=1S/C11H12N2O2/c1-2-15-13-11(14)9-5-3-4-8-6-7-12-10(8)9/h3-7,12H,2H2,1H3,(H,13,14). The first kappa shape index (κ1) is 9.73. The molecule has 0 unspecified atom stereocenters. The maximum Gasteiger partial charge on any atom is 0.276 e. The van der Waals surface area contributed by atoms with Crippen LogP contribution < -0.4 is 5.48 Å². The van der Waals surface area contributed by atoms with Gasteiger partial charge in [-0.05, 0) is 19.1 Å². The zero-order chi connectivity index (χ0) is 10.7. The van der Waals surface area contributed by atoms with Crippen LogP contribution in [0.5, 0.6) is 0 Å². The van der Waals surface area contributed by atoms with Crippen molar-refractivity contribution in [1.82, 2.24) is 10.5 Å². The summed E-state index contributed by atoms with van der Waals surface area (Å²) in [4.78, 5) is 19.6. The SMILES string of the molecule is CCONC(=O)c1cccc2cc[nH]c12. The highest BCUT2D eigenvalue weighted by atomic mass is 16.6. The van der Waals surface area contributed by atoms with Crippen LogP contribution in [-0.4, -0.2) is 17.5 Å². The summed E-state index contributed by atoms with van der Waals surface area (Å²) in [6.07, 6.45) is 1.81. The number of hydrogen-bond acceptors (Lipinski definition) is 2. The van der Waals surface area contributed by atoms with E-state index in [1.165, 1.54) is 0 Å². The first-order chi connectivity index (χ1) is 7.33. The van der Waals surface area contributed by atoms with Crippen LogP contribution in [0, 0.1) is 0 Å². The fraction of sp³-hybridized carbons (Fsp3) is 0.182. The summed E-state index contributed by atoms with van der Waals surface area (Å²) in [5, 5.41) is 1.01. The van der Waals surface area contributed by atoms with Crippen LogP contribution in [0.1, 0.15) is 17.3 Å². The Kier molecular flexibility index (Phi) is 2.69. The normalized spacial score (nSPS) is 10.5. The minimum atomic E-state index is -0.232. The van der Waals surface area contributed by atoms with Crippen LogP contribution in [0.2, 0.25) is 0 Å². The number of fused-ring (bicyclic) bond motifs is 1. The van der Waals surface area contributed by atoms with Gasteiger partial charge in [0.1, 0.15) is 0 Å². The van der Waals surface area contributed by atoms with Gasteiger partial charge in [0.25, 0.3) is 5.91 Å². The fourth-order valence-corrected chi connectivity index (χ4v) is 1.47. The van der Waals surface area contributed by atoms with E-state index < -0.39 is 0 Å². The van der Waals surface area contributed by atoms with E-state index in [1.54, 1.807) is 6.07 Å². The molecule has 0 fully saturated rings. The van der Waals surface area contributed by atoms with E-state index in [2.05, 4.69) is 10.5 Å². The molecule has 78 valence electrons. The van der Waals surface area contributed by atoms with Crippen molar-refractivity contribution < 1.29 is 9.63 Å². The number of rotatable bonds is 3. The molecule has 2 aromatic rings. The summed E-state index contributed by atoms with van der Waals surface area (Å²) >= 11 is 0. The Hall–Kier alpha value is -1.81. The highest BCUT2D eigenvalue weighted by Gasteiger charge is 2.09. The Balaban J connectivity index is 2.34. The minimum absolute atomic E-state index is 0.232. The number of carbonyl (C=O) groups is 1. The van der Waals surface area contributed by atoms with Gasteiger partial charge in [-0.15, -0.1) is 0 Å². The lowest BCUT2D eigenvalue weighted by molar-refractivity contribution is 0.0366. The second-order valence-corrected chi connectivity index (χ2v) is 3.11. The zero-order valence-electron chi connectivity index (χ0n) is 8.41. The molecule has 0 saturated carbocycles. The Morgan fingerprint density at radius 1 is 1.47 bits per heavy atom. The van der Waals surface area contributed by atoms with Crippen LogP contribution in [-0.2, 0) is 4.84 Å².